The molecule has 0 aromatic carbocycles. The van der Waals surface area contributed by atoms with E-state index < -0.39 is 0 Å². The third kappa shape index (κ3) is 8.53. The molecule has 0 aliphatic rings. The van der Waals surface area contributed by atoms with Crippen LogP contribution in [-0.4, -0.2) is 36.4 Å². The van der Waals surface area contributed by atoms with Crippen LogP contribution < -0.4 is 16.0 Å². The molecule has 0 amide bonds. The number of thiocarbonyl (C=S) groups is 3. The minimum absolute atomic E-state index is 0.0830. The van der Waals surface area contributed by atoms with Crippen LogP contribution in [-0.2, 0) is 0 Å². The van der Waals surface area contributed by atoms with Crippen LogP contribution in [0.2, 0.25) is 0 Å². The van der Waals surface area contributed by atoms with Gasteiger partial charge in [0.15, 0.2) is 0 Å². The summed E-state index contributed by atoms with van der Waals surface area (Å²) in [5.41, 5.74) is 0. The smallest absolute Gasteiger partial charge is 0.131 e. The molecular weight excluding hydrogens is 357 g/mol. The Hall–Kier alpha value is 0.680. The molecule has 3 unspecified atom stereocenters. The van der Waals surface area contributed by atoms with Gasteiger partial charge >= 0.3 is 0 Å². The van der Waals surface area contributed by atoms with E-state index >= 15 is 0 Å². The van der Waals surface area contributed by atoms with Crippen LogP contribution >= 0.6 is 74.5 Å². The zero-order valence-electron chi connectivity index (χ0n) is 10.7. The van der Waals surface area contributed by atoms with E-state index in [4.69, 9.17) is 36.7 Å². The van der Waals surface area contributed by atoms with Gasteiger partial charge in [-0.25, -0.2) is 4.90 Å². The van der Waals surface area contributed by atoms with Gasteiger partial charge in [0, 0.05) is 0 Å². The van der Waals surface area contributed by atoms with E-state index in [1.54, 1.807) is 0 Å². The fraction of sp³-hybridized carbons (Fsp3) is 0.667. The van der Waals surface area contributed by atoms with E-state index in [-0.39, 0.29) is 18.5 Å². The average Bonchev–Trinajstić information content (AvgIpc) is 2.12. The molecule has 3 N–H and O–H groups in total. The van der Waals surface area contributed by atoms with Gasteiger partial charge in [0.25, 0.3) is 0 Å². The number of rotatable bonds is 6. The van der Waals surface area contributed by atoms with Gasteiger partial charge in [-0.2, -0.15) is 0 Å². The van der Waals surface area contributed by atoms with Crippen molar-refractivity contribution in [2.45, 2.75) is 39.3 Å². The molecule has 10 heteroatoms. The van der Waals surface area contributed by atoms with Crippen molar-refractivity contribution in [1.29, 1.82) is 0 Å². The summed E-state index contributed by atoms with van der Waals surface area (Å²) in [6.07, 6.45) is -0.249. The van der Waals surface area contributed by atoms with Crippen molar-refractivity contribution in [3.63, 3.8) is 0 Å². The first-order valence-corrected chi connectivity index (χ1v) is 7.97. The van der Waals surface area contributed by atoms with Gasteiger partial charge in [-0.15, -0.1) is 37.9 Å². The molecule has 0 bridgehead atoms. The lowest BCUT2D eigenvalue weighted by atomic mass is 10.3. The second-order valence-electron chi connectivity index (χ2n) is 3.82. The maximum absolute atomic E-state index is 4.94. The van der Waals surface area contributed by atoms with Crippen molar-refractivity contribution in [2.24, 2.45) is 0 Å². The van der Waals surface area contributed by atoms with E-state index in [2.05, 4.69) is 53.8 Å². The molecule has 0 aromatic rings. The zero-order chi connectivity index (χ0) is 15.2. The number of hydrogen-bond acceptors (Lipinski definition) is 4. The molecule has 0 rings (SSSR count). The quantitative estimate of drug-likeness (QED) is 0.240. The Kier molecular flexibility index (Phi) is 9.93. The van der Waals surface area contributed by atoms with Crippen LogP contribution in [0, 0.1) is 0 Å². The first-order chi connectivity index (χ1) is 8.65. The summed E-state index contributed by atoms with van der Waals surface area (Å²) < 4.78 is 1.25. The lowest BCUT2D eigenvalue weighted by Crippen LogP contribution is -2.61. The highest BCUT2D eigenvalue weighted by molar-refractivity contribution is 8.11. The predicted molar refractivity (Wildman–Crippen MR) is 104 cm³/mol. The highest BCUT2D eigenvalue weighted by Crippen LogP contribution is 2.08. The maximum atomic E-state index is 4.94. The third-order valence-electron chi connectivity index (χ3n) is 2.34. The van der Waals surface area contributed by atoms with E-state index in [1.807, 2.05) is 25.7 Å². The van der Waals surface area contributed by atoms with Crippen molar-refractivity contribution in [2.75, 3.05) is 0 Å². The summed E-state index contributed by atoms with van der Waals surface area (Å²) in [4.78, 5) is 2.05. The summed E-state index contributed by atoms with van der Waals surface area (Å²) in [6, 6.07) is 0. The molecule has 19 heavy (non-hydrogen) atoms. The Morgan fingerprint density at radius 3 is 1.11 bits per heavy atom. The summed E-state index contributed by atoms with van der Waals surface area (Å²) in [6.45, 7) is 5.88. The third-order valence-corrected chi connectivity index (χ3v) is 3.08. The molecular formula is C9H18N4S6. The first kappa shape index (κ1) is 19.7. The summed E-state index contributed by atoms with van der Waals surface area (Å²) in [7, 11) is 0. The molecule has 0 saturated carbocycles. The maximum Gasteiger partial charge on any atom is 0.131 e. The van der Waals surface area contributed by atoms with Crippen LogP contribution in [0.1, 0.15) is 20.8 Å². The number of nitrogens with zero attached hydrogens (tertiary/aromatic N) is 1. The molecule has 0 aliphatic heterocycles. The van der Waals surface area contributed by atoms with E-state index in [9.17, 15) is 0 Å². The molecule has 0 heterocycles. The molecule has 0 saturated heterocycles. The van der Waals surface area contributed by atoms with Gasteiger partial charge in [0.1, 0.15) is 13.0 Å². The second kappa shape index (κ2) is 9.59. The number of nitrogens with one attached hydrogen (secondary N) is 3. The Bertz CT molecular complexity index is 297. The predicted octanol–water partition coefficient (Wildman–Crippen LogP) is 1.74. The Morgan fingerprint density at radius 2 is 0.947 bits per heavy atom. The zero-order valence-corrected chi connectivity index (χ0v) is 15.9. The van der Waals surface area contributed by atoms with Gasteiger partial charge in [0.05, 0.1) is 18.5 Å². The highest BCUT2D eigenvalue weighted by Gasteiger charge is 2.25. The fourth-order valence-electron chi connectivity index (χ4n) is 1.77. The lowest BCUT2D eigenvalue weighted by molar-refractivity contribution is 0.0820. The van der Waals surface area contributed by atoms with Crippen molar-refractivity contribution in [3.05, 3.63) is 0 Å². The van der Waals surface area contributed by atoms with Crippen molar-refractivity contribution in [3.8, 4) is 0 Å². The molecule has 4 nitrogen and oxygen atoms in total. The van der Waals surface area contributed by atoms with Crippen molar-refractivity contribution < 1.29 is 0 Å². The van der Waals surface area contributed by atoms with Crippen LogP contribution in [0.3, 0.4) is 0 Å². The summed E-state index contributed by atoms with van der Waals surface area (Å²) >= 11 is 27.1. The fourth-order valence-corrected chi connectivity index (χ4v) is 2.84. The SMILES string of the molecule is CC(NC(=S)S)N(C(C)NC(=S)S)C(C)NC(=S)S. The molecule has 0 spiro atoms. The summed E-state index contributed by atoms with van der Waals surface area (Å²) in [5, 5.41) is 9.17. The topological polar surface area (TPSA) is 39.3 Å². The minimum atomic E-state index is -0.0830. The van der Waals surface area contributed by atoms with E-state index in [1.165, 1.54) is 0 Å². The minimum Gasteiger partial charge on any atom is -0.356 e. The Balaban J connectivity index is 4.94. The van der Waals surface area contributed by atoms with Crippen LogP contribution in [0.25, 0.3) is 0 Å². The molecule has 3 atom stereocenters. The monoisotopic (exact) mass is 374 g/mol. The lowest BCUT2D eigenvalue weighted by Gasteiger charge is -2.40. The van der Waals surface area contributed by atoms with Gasteiger partial charge in [0.2, 0.25) is 0 Å². The number of thiol groups is 3. The van der Waals surface area contributed by atoms with Gasteiger partial charge in [-0.1, -0.05) is 36.7 Å². The first-order valence-electron chi connectivity index (χ1n) is 5.41. The van der Waals surface area contributed by atoms with Crippen molar-refractivity contribution in [1.82, 2.24) is 20.9 Å². The normalized spacial score (nSPS) is 15.3. The van der Waals surface area contributed by atoms with Crippen LogP contribution in [0.5, 0.6) is 0 Å². The second-order valence-corrected chi connectivity index (χ2v) is 7.30. The molecule has 0 aliphatic carbocycles. The highest BCUT2D eigenvalue weighted by atomic mass is 32.1. The van der Waals surface area contributed by atoms with Crippen LogP contribution in [0.15, 0.2) is 0 Å². The Labute approximate surface area is 147 Å². The van der Waals surface area contributed by atoms with E-state index in [0.29, 0.717) is 13.0 Å². The van der Waals surface area contributed by atoms with Crippen molar-refractivity contribution >= 4 is 87.5 Å². The summed E-state index contributed by atoms with van der Waals surface area (Å²) in [5.74, 6) is 0. The molecule has 110 valence electrons. The molecule has 0 fully saturated rings. The van der Waals surface area contributed by atoms with Crippen LogP contribution in [0.4, 0.5) is 0 Å². The molecule has 0 aromatic heterocycles. The number of hydrogen-bond donors (Lipinski definition) is 6. The average molecular weight is 375 g/mol. The Morgan fingerprint density at radius 1 is 0.737 bits per heavy atom. The van der Waals surface area contributed by atoms with Gasteiger partial charge in [-0.3, -0.25) is 0 Å². The van der Waals surface area contributed by atoms with Gasteiger partial charge in [-0.05, 0) is 20.8 Å². The standard InChI is InChI=1S/C9H18N4S6/c1-4(10-7(14)15)13(5(2)11-8(16)17)6(3)12-9(18)19/h4-6H,1-3H3,(H2,10,14,15)(H2,11,16,17)(H2,12,18,19). The molecule has 0 radical (unpaired) electrons. The van der Waals surface area contributed by atoms with E-state index in [0.717, 1.165) is 0 Å². The van der Waals surface area contributed by atoms with Gasteiger partial charge < -0.3 is 16.0 Å². The largest absolute Gasteiger partial charge is 0.356 e.